The Balaban J connectivity index is 2.88. The number of carbonyl (C=O) groups is 1. The first-order valence-electron chi connectivity index (χ1n) is 6.66. The van der Waals surface area contributed by atoms with E-state index in [9.17, 15) is 9.90 Å². The summed E-state index contributed by atoms with van der Waals surface area (Å²) in [4.78, 5) is 15.9. The number of hydrogen-bond acceptors (Lipinski definition) is 3. The lowest BCUT2D eigenvalue weighted by Crippen LogP contribution is -2.49. The lowest BCUT2D eigenvalue weighted by molar-refractivity contribution is -0.149. The normalized spacial score (nSPS) is 13.0. The first-order valence-corrected chi connectivity index (χ1v) is 7.48. The minimum absolute atomic E-state index is 0.155. The van der Waals surface area contributed by atoms with Gasteiger partial charge in [-0.2, -0.15) is 0 Å². The maximum absolute atomic E-state index is 11.3. The van der Waals surface area contributed by atoms with E-state index in [1.807, 2.05) is 11.8 Å². The van der Waals surface area contributed by atoms with Crippen molar-refractivity contribution in [3.05, 3.63) is 21.9 Å². The minimum Gasteiger partial charge on any atom is -0.480 e. The molecule has 0 atom stereocenters. The van der Waals surface area contributed by atoms with Gasteiger partial charge >= 0.3 is 5.97 Å². The minimum atomic E-state index is -0.833. The summed E-state index contributed by atoms with van der Waals surface area (Å²) < 4.78 is 0. The van der Waals surface area contributed by atoms with Gasteiger partial charge in [-0.05, 0) is 37.9 Å². The Morgan fingerprint density at radius 2 is 1.84 bits per heavy atom. The van der Waals surface area contributed by atoms with E-state index in [0.717, 1.165) is 6.54 Å². The molecule has 1 aromatic rings. The van der Waals surface area contributed by atoms with Crippen LogP contribution in [-0.2, 0) is 16.8 Å². The second kappa shape index (κ2) is 5.63. The molecule has 0 saturated carbocycles. The van der Waals surface area contributed by atoms with Crippen molar-refractivity contribution in [2.75, 3.05) is 6.54 Å². The number of aliphatic carboxylic acids is 1. The van der Waals surface area contributed by atoms with Crippen molar-refractivity contribution < 1.29 is 9.90 Å². The maximum atomic E-state index is 11.3. The van der Waals surface area contributed by atoms with E-state index < -0.39 is 11.5 Å². The molecule has 0 bridgehead atoms. The van der Waals surface area contributed by atoms with Crippen LogP contribution in [0.4, 0.5) is 0 Å². The van der Waals surface area contributed by atoms with Crippen molar-refractivity contribution in [1.29, 1.82) is 0 Å². The topological polar surface area (TPSA) is 40.5 Å². The van der Waals surface area contributed by atoms with Gasteiger partial charge in [-0.15, -0.1) is 11.3 Å². The van der Waals surface area contributed by atoms with Crippen LogP contribution in [0, 0.1) is 0 Å². The Kier molecular flexibility index (Phi) is 4.80. The highest BCUT2D eigenvalue weighted by atomic mass is 32.1. The fourth-order valence-corrected chi connectivity index (χ4v) is 2.98. The summed E-state index contributed by atoms with van der Waals surface area (Å²) in [7, 11) is 0. The fourth-order valence-electron chi connectivity index (χ4n) is 1.89. The van der Waals surface area contributed by atoms with Crippen molar-refractivity contribution in [2.24, 2.45) is 0 Å². The molecular weight excluding hydrogens is 258 g/mol. The molecule has 1 heterocycles. The first kappa shape index (κ1) is 16.2. The molecule has 3 nitrogen and oxygen atoms in total. The van der Waals surface area contributed by atoms with Crippen molar-refractivity contribution >= 4 is 17.3 Å². The van der Waals surface area contributed by atoms with Crippen LogP contribution in [0.1, 0.15) is 51.3 Å². The van der Waals surface area contributed by atoms with Gasteiger partial charge in [0.15, 0.2) is 0 Å². The van der Waals surface area contributed by atoms with Crippen molar-refractivity contribution in [3.8, 4) is 0 Å². The zero-order valence-electron chi connectivity index (χ0n) is 12.8. The van der Waals surface area contributed by atoms with E-state index in [2.05, 4.69) is 32.9 Å². The van der Waals surface area contributed by atoms with Crippen LogP contribution >= 0.6 is 11.3 Å². The van der Waals surface area contributed by atoms with Crippen LogP contribution in [0.5, 0.6) is 0 Å². The van der Waals surface area contributed by atoms with Gasteiger partial charge in [0.1, 0.15) is 5.54 Å². The predicted molar refractivity (Wildman–Crippen MR) is 80.8 cm³/mol. The number of thiophene rings is 1. The number of carboxylic acids is 1. The van der Waals surface area contributed by atoms with Crippen LogP contribution in [0.3, 0.4) is 0 Å². The molecule has 0 radical (unpaired) electrons. The van der Waals surface area contributed by atoms with E-state index in [0.29, 0.717) is 6.54 Å². The Hall–Kier alpha value is -0.870. The molecule has 0 saturated heterocycles. The molecule has 1 aromatic heterocycles. The van der Waals surface area contributed by atoms with Crippen LogP contribution in [0.25, 0.3) is 0 Å². The highest BCUT2D eigenvalue weighted by Crippen LogP contribution is 2.31. The van der Waals surface area contributed by atoms with E-state index in [-0.39, 0.29) is 5.41 Å². The number of hydrogen-bond donors (Lipinski definition) is 1. The van der Waals surface area contributed by atoms with Gasteiger partial charge in [0, 0.05) is 16.3 Å². The molecule has 1 rings (SSSR count). The zero-order valence-corrected chi connectivity index (χ0v) is 13.6. The largest absolute Gasteiger partial charge is 0.480 e. The standard InChI is InChI=1S/C15H25NO2S/c1-7-16(15(5,6)13(17)18)10-11-8-9-12(19-11)14(2,3)4/h8-9H,7,10H2,1-6H3,(H,17,18). The molecule has 0 aromatic carbocycles. The summed E-state index contributed by atoms with van der Waals surface area (Å²) >= 11 is 1.78. The molecule has 0 unspecified atom stereocenters. The van der Waals surface area contributed by atoms with Gasteiger partial charge in [0.25, 0.3) is 0 Å². The average Bonchev–Trinajstić information content (AvgIpc) is 2.73. The Labute approximate surface area is 120 Å². The fraction of sp³-hybridized carbons (Fsp3) is 0.667. The summed E-state index contributed by atoms with van der Waals surface area (Å²) in [6.07, 6.45) is 0. The Morgan fingerprint density at radius 3 is 2.21 bits per heavy atom. The van der Waals surface area contributed by atoms with Gasteiger partial charge in [0.05, 0.1) is 0 Å². The highest BCUT2D eigenvalue weighted by molar-refractivity contribution is 7.12. The molecule has 19 heavy (non-hydrogen) atoms. The van der Waals surface area contributed by atoms with Crippen molar-refractivity contribution in [1.82, 2.24) is 4.90 Å². The average molecular weight is 283 g/mol. The molecule has 4 heteroatoms. The maximum Gasteiger partial charge on any atom is 0.323 e. The third kappa shape index (κ3) is 3.80. The third-order valence-electron chi connectivity index (χ3n) is 3.44. The quantitative estimate of drug-likeness (QED) is 0.895. The van der Waals surface area contributed by atoms with E-state index in [1.54, 1.807) is 25.2 Å². The zero-order chi connectivity index (χ0) is 14.8. The van der Waals surface area contributed by atoms with Gasteiger partial charge in [-0.3, -0.25) is 9.69 Å². The summed E-state index contributed by atoms with van der Waals surface area (Å²) in [6, 6.07) is 4.27. The molecule has 0 amide bonds. The van der Waals surface area contributed by atoms with Gasteiger partial charge in [-0.1, -0.05) is 27.7 Å². The Bertz CT molecular complexity index is 443. The molecule has 1 N–H and O–H groups in total. The second-order valence-corrected chi connectivity index (χ2v) is 7.56. The van der Waals surface area contributed by atoms with E-state index >= 15 is 0 Å². The SMILES string of the molecule is CCN(Cc1ccc(C(C)(C)C)s1)C(C)(C)C(=O)O. The molecule has 0 aliphatic carbocycles. The van der Waals surface area contributed by atoms with E-state index in [4.69, 9.17) is 0 Å². The monoisotopic (exact) mass is 283 g/mol. The second-order valence-electron chi connectivity index (χ2n) is 6.39. The summed E-state index contributed by atoms with van der Waals surface area (Å²) in [5.41, 5.74) is -0.678. The molecule has 0 spiro atoms. The highest BCUT2D eigenvalue weighted by Gasteiger charge is 2.33. The van der Waals surface area contributed by atoms with Crippen LogP contribution in [-0.4, -0.2) is 28.1 Å². The summed E-state index contributed by atoms with van der Waals surface area (Å²) in [6.45, 7) is 13.5. The Morgan fingerprint density at radius 1 is 1.26 bits per heavy atom. The smallest absolute Gasteiger partial charge is 0.323 e. The first-order chi connectivity index (χ1) is 8.59. The predicted octanol–water partition coefficient (Wildman–Crippen LogP) is 3.73. The van der Waals surface area contributed by atoms with Gasteiger partial charge < -0.3 is 5.11 Å². The van der Waals surface area contributed by atoms with Crippen LogP contribution in [0.2, 0.25) is 0 Å². The van der Waals surface area contributed by atoms with E-state index in [1.165, 1.54) is 9.75 Å². The molecule has 0 aliphatic rings. The molecule has 0 fully saturated rings. The lowest BCUT2D eigenvalue weighted by atomic mass is 9.95. The number of likely N-dealkylation sites (N-methyl/N-ethyl adjacent to an activating group) is 1. The van der Waals surface area contributed by atoms with Crippen LogP contribution in [0.15, 0.2) is 12.1 Å². The third-order valence-corrected chi connectivity index (χ3v) is 4.94. The van der Waals surface area contributed by atoms with Crippen molar-refractivity contribution in [2.45, 2.75) is 59.0 Å². The summed E-state index contributed by atoms with van der Waals surface area (Å²) in [5.74, 6) is -0.776. The lowest BCUT2D eigenvalue weighted by Gasteiger charge is -2.33. The number of nitrogens with zero attached hydrogens (tertiary/aromatic N) is 1. The molecular formula is C15H25NO2S. The van der Waals surface area contributed by atoms with Gasteiger partial charge in [0.2, 0.25) is 0 Å². The van der Waals surface area contributed by atoms with Crippen molar-refractivity contribution in [3.63, 3.8) is 0 Å². The summed E-state index contributed by atoms with van der Waals surface area (Å²) in [5, 5.41) is 9.32. The number of carboxylic acid groups (broad SMARTS) is 1. The molecule has 108 valence electrons. The number of rotatable bonds is 5. The molecule has 0 aliphatic heterocycles. The van der Waals surface area contributed by atoms with Crippen LogP contribution < -0.4 is 0 Å². The van der Waals surface area contributed by atoms with Gasteiger partial charge in [-0.25, -0.2) is 0 Å².